The first-order valence-corrected chi connectivity index (χ1v) is 7.40. The van der Waals surface area contributed by atoms with Crippen molar-refractivity contribution in [2.75, 3.05) is 18.1 Å². The molecule has 0 aliphatic rings. The van der Waals surface area contributed by atoms with E-state index in [0.717, 1.165) is 12.3 Å². The van der Waals surface area contributed by atoms with Crippen molar-refractivity contribution < 1.29 is 12.8 Å². The molecule has 0 bridgehead atoms. The van der Waals surface area contributed by atoms with E-state index >= 15 is 0 Å². The number of halogens is 2. The second-order valence-electron chi connectivity index (χ2n) is 4.60. The number of nitrogens with one attached hydrogen (secondary N) is 2. The van der Waals surface area contributed by atoms with Crippen molar-refractivity contribution in [1.82, 2.24) is 9.71 Å². The van der Waals surface area contributed by atoms with Gasteiger partial charge in [0.05, 0.1) is 11.3 Å². The van der Waals surface area contributed by atoms with Crippen LogP contribution in [0.15, 0.2) is 12.3 Å². The van der Waals surface area contributed by atoms with Crippen LogP contribution in [0.2, 0.25) is 5.02 Å². The van der Waals surface area contributed by atoms with Gasteiger partial charge in [0, 0.05) is 18.3 Å². The Morgan fingerprint density at radius 3 is 2.61 bits per heavy atom. The third-order valence-corrected chi connectivity index (χ3v) is 3.10. The first-order valence-electron chi connectivity index (χ1n) is 5.13. The summed E-state index contributed by atoms with van der Waals surface area (Å²) in [6.07, 6.45) is 2.37. The maximum absolute atomic E-state index is 13.4. The van der Waals surface area contributed by atoms with E-state index in [1.54, 1.807) is 13.8 Å². The lowest BCUT2D eigenvalue weighted by atomic mass is 10.1. The number of hydrogen-bond donors (Lipinski definition) is 2. The Bertz CT molecular complexity index is 534. The van der Waals surface area contributed by atoms with Crippen molar-refractivity contribution >= 4 is 27.4 Å². The third-order valence-electron chi connectivity index (χ3n) is 1.97. The van der Waals surface area contributed by atoms with Gasteiger partial charge in [-0.25, -0.2) is 22.5 Å². The standard InChI is InChI=1S/C10H15ClFN3O2S/c1-10(2,15-18(3,16)17)6-14-9-8(12)4-7(11)5-13-9/h4-5,15H,6H2,1-3H3,(H,13,14). The fourth-order valence-electron chi connectivity index (χ4n) is 1.39. The van der Waals surface area contributed by atoms with Crippen LogP contribution in [0.1, 0.15) is 13.8 Å². The molecule has 1 aromatic heterocycles. The Hall–Kier alpha value is -0.920. The molecule has 0 aliphatic heterocycles. The maximum atomic E-state index is 13.4. The highest BCUT2D eigenvalue weighted by Gasteiger charge is 2.22. The average molecular weight is 296 g/mol. The fraction of sp³-hybridized carbons (Fsp3) is 0.500. The number of aromatic nitrogens is 1. The Labute approximate surface area is 111 Å². The van der Waals surface area contributed by atoms with E-state index in [4.69, 9.17) is 11.6 Å². The molecule has 18 heavy (non-hydrogen) atoms. The number of sulfonamides is 1. The van der Waals surface area contributed by atoms with Crippen LogP contribution in [0.4, 0.5) is 10.2 Å². The molecule has 0 radical (unpaired) electrons. The predicted molar refractivity (Wildman–Crippen MR) is 69.8 cm³/mol. The monoisotopic (exact) mass is 295 g/mol. The van der Waals surface area contributed by atoms with Crippen molar-refractivity contribution in [3.8, 4) is 0 Å². The van der Waals surface area contributed by atoms with Gasteiger partial charge >= 0.3 is 0 Å². The second-order valence-corrected chi connectivity index (χ2v) is 6.78. The van der Waals surface area contributed by atoms with Gasteiger partial charge < -0.3 is 5.32 Å². The van der Waals surface area contributed by atoms with Gasteiger partial charge in [0.25, 0.3) is 0 Å². The van der Waals surface area contributed by atoms with Crippen LogP contribution in [-0.4, -0.2) is 31.7 Å². The van der Waals surface area contributed by atoms with E-state index in [9.17, 15) is 12.8 Å². The molecule has 1 heterocycles. The summed E-state index contributed by atoms with van der Waals surface area (Å²) in [5.41, 5.74) is -0.763. The largest absolute Gasteiger partial charge is 0.366 e. The highest BCUT2D eigenvalue weighted by Crippen LogP contribution is 2.16. The molecule has 0 amide bonds. The SMILES string of the molecule is CC(C)(CNc1ncc(Cl)cc1F)NS(C)(=O)=O. The highest BCUT2D eigenvalue weighted by molar-refractivity contribution is 7.88. The Morgan fingerprint density at radius 1 is 1.50 bits per heavy atom. The van der Waals surface area contributed by atoms with Crippen molar-refractivity contribution in [3.05, 3.63) is 23.1 Å². The zero-order valence-electron chi connectivity index (χ0n) is 10.3. The molecule has 2 N–H and O–H groups in total. The molecule has 0 saturated heterocycles. The molecule has 0 fully saturated rings. The molecule has 8 heteroatoms. The van der Waals surface area contributed by atoms with Crippen LogP contribution in [0, 0.1) is 5.82 Å². The summed E-state index contributed by atoms with van der Waals surface area (Å²) < 4.78 is 38.1. The minimum atomic E-state index is -3.33. The zero-order chi connectivity index (χ0) is 14.0. The predicted octanol–water partition coefficient (Wildman–Crippen LogP) is 1.61. The van der Waals surface area contributed by atoms with Crippen molar-refractivity contribution in [1.29, 1.82) is 0 Å². The number of nitrogens with zero attached hydrogens (tertiary/aromatic N) is 1. The number of hydrogen-bond acceptors (Lipinski definition) is 4. The van der Waals surface area contributed by atoms with Crippen LogP contribution in [0.25, 0.3) is 0 Å². The van der Waals surface area contributed by atoms with Crippen LogP contribution < -0.4 is 10.0 Å². The van der Waals surface area contributed by atoms with E-state index in [2.05, 4.69) is 15.0 Å². The summed E-state index contributed by atoms with van der Waals surface area (Å²) in [6, 6.07) is 1.13. The minimum Gasteiger partial charge on any atom is -0.366 e. The smallest absolute Gasteiger partial charge is 0.209 e. The maximum Gasteiger partial charge on any atom is 0.209 e. The van der Waals surface area contributed by atoms with Crippen LogP contribution in [0.5, 0.6) is 0 Å². The molecular weight excluding hydrogens is 281 g/mol. The Kier molecular flexibility index (Phi) is 4.52. The summed E-state index contributed by atoms with van der Waals surface area (Å²) in [4.78, 5) is 3.78. The number of pyridine rings is 1. The topological polar surface area (TPSA) is 71.1 Å². The summed E-state index contributed by atoms with van der Waals surface area (Å²) in [6.45, 7) is 3.54. The molecule has 102 valence electrons. The van der Waals surface area contributed by atoms with Gasteiger partial charge in [-0.2, -0.15) is 0 Å². The van der Waals surface area contributed by atoms with Gasteiger partial charge in [-0.15, -0.1) is 0 Å². The lowest BCUT2D eigenvalue weighted by molar-refractivity contribution is 0.474. The van der Waals surface area contributed by atoms with Crippen molar-refractivity contribution in [2.45, 2.75) is 19.4 Å². The van der Waals surface area contributed by atoms with Crippen LogP contribution >= 0.6 is 11.6 Å². The zero-order valence-corrected chi connectivity index (χ0v) is 11.9. The molecule has 1 aromatic rings. The Morgan fingerprint density at radius 2 is 2.11 bits per heavy atom. The minimum absolute atomic E-state index is 0.0303. The van der Waals surface area contributed by atoms with Crippen LogP contribution in [0.3, 0.4) is 0 Å². The van der Waals surface area contributed by atoms with Gasteiger partial charge in [-0.05, 0) is 19.9 Å². The van der Waals surface area contributed by atoms with E-state index < -0.39 is 21.4 Å². The Balaban J connectivity index is 2.70. The van der Waals surface area contributed by atoms with Gasteiger partial charge in [0.1, 0.15) is 0 Å². The van der Waals surface area contributed by atoms with Gasteiger partial charge in [0.2, 0.25) is 10.0 Å². The lowest BCUT2D eigenvalue weighted by Gasteiger charge is -2.25. The second kappa shape index (κ2) is 5.38. The van der Waals surface area contributed by atoms with Crippen molar-refractivity contribution in [3.63, 3.8) is 0 Å². The first kappa shape index (κ1) is 15.1. The molecule has 0 spiro atoms. The van der Waals surface area contributed by atoms with Crippen LogP contribution in [-0.2, 0) is 10.0 Å². The van der Waals surface area contributed by atoms with E-state index in [-0.39, 0.29) is 17.4 Å². The molecule has 5 nitrogen and oxygen atoms in total. The average Bonchev–Trinajstić information content (AvgIpc) is 2.12. The molecular formula is C10H15ClFN3O2S. The molecule has 0 saturated carbocycles. The molecule has 0 aliphatic carbocycles. The summed E-state index contributed by atoms with van der Waals surface area (Å²) in [5.74, 6) is -0.555. The highest BCUT2D eigenvalue weighted by atomic mass is 35.5. The lowest BCUT2D eigenvalue weighted by Crippen LogP contribution is -2.47. The summed E-state index contributed by atoms with van der Waals surface area (Å²) in [7, 11) is -3.33. The summed E-state index contributed by atoms with van der Waals surface area (Å²) >= 11 is 5.57. The quantitative estimate of drug-likeness (QED) is 0.866. The molecule has 0 atom stereocenters. The van der Waals surface area contributed by atoms with E-state index in [1.807, 2.05) is 0 Å². The first-order chi connectivity index (χ1) is 8.09. The molecule has 0 aromatic carbocycles. The van der Waals surface area contributed by atoms with Crippen molar-refractivity contribution in [2.24, 2.45) is 0 Å². The fourth-order valence-corrected chi connectivity index (χ4v) is 2.61. The number of rotatable bonds is 5. The molecule has 0 unspecified atom stereocenters. The van der Waals surface area contributed by atoms with E-state index in [1.165, 1.54) is 6.20 Å². The van der Waals surface area contributed by atoms with Gasteiger partial charge in [0.15, 0.2) is 11.6 Å². The third kappa shape index (κ3) is 5.16. The van der Waals surface area contributed by atoms with Gasteiger partial charge in [-0.3, -0.25) is 0 Å². The summed E-state index contributed by atoms with van der Waals surface area (Å²) in [5, 5.41) is 2.93. The normalized spacial score (nSPS) is 12.5. The van der Waals surface area contributed by atoms with Gasteiger partial charge in [-0.1, -0.05) is 11.6 Å². The number of anilines is 1. The molecule has 1 rings (SSSR count). The van der Waals surface area contributed by atoms with E-state index in [0.29, 0.717) is 0 Å².